The SMILES string of the molecule is COc1ccccc1CN=C(N)Nc1cc(C)cc(C)c1.I. The topological polar surface area (TPSA) is 59.6 Å². The first kappa shape index (κ1) is 18.3. The molecule has 2 rings (SSSR count). The molecule has 0 spiro atoms. The quantitative estimate of drug-likeness (QED) is 0.457. The molecule has 0 unspecified atom stereocenters. The molecule has 0 amide bonds. The Kier molecular flexibility index (Phi) is 7.17. The molecule has 0 fully saturated rings. The summed E-state index contributed by atoms with van der Waals surface area (Å²) in [7, 11) is 1.65. The highest BCUT2D eigenvalue weighted by Gasteiger charge is 2.01. The minimum absolute atomic E-state index is 0. The molecule has 0 atom stereocenters. The number of nitrogens with two attached hydrogens (primary N) is 1. The number of para-hydroxylation sites is 1. The number of anilines is 1. The number of guanidine groups is 1. The summed E-state index contributed by atoms with van der Waals surface area (Å²) in [5, 5.41) is 3.12. The van der Waals surface area contributed by atoms with E-state index in [9.17, 15) is 0 Å². The zero-order valence-corrected chi connectivity index (χ0v) is 15.4. The summed E-state index contributed by atoms with van der Waals surface area (Å²) in [6.07, 6.45) is 0. The van der Waals surface area contributed by atoms with Gasteiger partial charge in [-0.2, -0.15) is 0 Å². The van der Waals surface area contributed by atoms with Crippen LogP contribution in [0.3, 0.4) is 0 Å². The van der Waals surface area contributed by atoms with Crippen LogP contribution in [0.4, 0.5) is 5.69 Å². The number of methoxy groups -OCH3 is 1. The lowest BCUT2D eigenvalue weighted by atomic mass is 10.1. The van der Waals surface area contributed by atoms with Crippen molar-refractivity contribution in [3.05, 3.63) is 59.2 Å². The van der Waals surface area contributed by atoms with E-state index < -0.39 is 0 Å². The fourth-order valence-corrected chi connectivity index (χ4v) is 2.24. The molecule has 0 heterocycles. The van der Waals surface area contributed by atoms with Crippen LogP contribution in [0.1, 0.15) is 16.7 Å². The van der Waals surface area contributed by atoms with E-state index in [0.717, 1.165) is 17.0 Å². The normalized spacial score (nSPS) is 10.8. The standard InChI is InChI=1S/C17H21N3O.HI/c1-12-8-13(2)10-15(9-12)20-17(18)19-11-14-6-4-5-7-16(14)21-3;/h4-10H,11H2,1-3H3,(H3,18,19,20);1H. The number of rotatable bonds is 4. The van der Waals surface area contributed by atoms with Gasteiger partial charge < -0.3 is 15.8 Å². The van der Waals surface area contributed by atoms with Crippen LogP contribution in [0.2, 0.25) is 0 Å². The van der Waals surface area contributed by atoms with Crippen LogP contribution >= 0.6 is 24.0 Å². The van der Waals surface area contributed by atoms with Crippen molar-refractivity contribution in [2.45, 2.75) is 20.4 Å². The Hall–Kier alpha value is -1.76. The number of aliphatic imine (C=N–C) groups is 1. The van der Waals surface area contributed by atoms with E-state index in [1.54, 1.807) is 7.11 Å². The van der Waals surface area contributed by atoms with Crippen molar-refractivity contribution in [2.75, 3.05) is 12.4 Å². The summed E-state index contributed by atoms with van der Waals surface area (Å²) in [4.78, 5) is 4.36. The summed E-state index contributed by atoms with van der Waals surface area (Å²) >= 11 is 0. The molecular formula is C17H22IN3O. The largest absolute Gasteiger partial charge is 0.496 e. The Morgan fingerprint density at radius 1 is 1.14 bits per heavy atom. The molecule has 0 aliphatic rings. The Morgan fingerprint density at radius 2 is 1.77 bits per heavy atom. The van der Waals surface area contributed by atoms with E-state index in [1.165, 1.54) is 11.1 Å². The van der Waals surface area contributed by atoms with Gasteiger partial charge in [0.25, 0.3) is 0 Å². The van der Waals surface area contributed by atoms with Gasteiger partial charge in [0.05, 0.1) is 13.7 Å². The third-order valence-corrected chi connectivity index (χ3v) is 3.11. The Balaban J connectivity index is 0.00000242. The fraction of sp³-hybridized carbons (Fsp3) is 0.235. The Morgan fingerprint density at radius 3 is 2.41 bits per heavy atom. The number of nitrogens with zero attached hydrogens (tertiary/aromatic N) is 1. The van der Waals surface area contributed by atoms with Gasteiger partial charge >= 0.3 is 0 Å². The number of nitrogens with one attached hydrogen (secondary N) is 1. The van der Waals surface area contributed by atoms with Crippen molar-refractivity contribution >= 4 is 35.6 Å². The summed E-state index contributed by atoms with van der Waals surface area (Å²) in [6.45, 7) is 4.59. The first-order valence-corrected chi connectivity index (χ1v) is 6.85. The zero-order chi connectivity index (χ0) is 15.2. The maximum Gasteiger partial charge on any atom is 0.193 e. The maximum absolute atomic E-state index is 5.94. The minimum Gasteiger partial charge on any atom is -0.496 e. The van der Waals surface area contributed by atoms with Gasteiger partial charge in [-0.05, 0) is 43.2 Å². The Labute approximate surface area is 148 Å². The molecule has 0 aliphatic heterocycles. The number of halogens is 1. The molecule has 0 radical (unpaired) electrons. The molecule has 22 heavy (non-hydrogen) atoms. The van der Waals surface area contributed by atoms with E-state index in [1.807, 2.05) is 36.4 Å². The minimum atomic E-state index is 0. The van der Waals surface area contributed by atoms with Gasteiger partial charge in [0.2, 0.25) is 0 Å². The number of ether oxygens (including phenoxy) is 1. The predicted molar refractivity (Wildman–Crippen MR) is 103 cm³/mol. The maximum atomic E-state index is 5.94. The van der Waals surface area contributed by atoms with Crippen LogP contribution in [0.25, 0.3) is 0 Å². The van der Waals surface area contributed by atoms with E-state index in [2.05, 4.69) is 30.2 Å². The van der Waals surface area contributed by atoms with Gasteiger partial charge in [0.15, 0.2) is 5.96 Å². The molecule has 0 bridgehead atoms. The first-order chi connectivity index (χ1) is 10.1. The summed E-state index contributed by atoms with van der Waals surface area (Å²) in [5.41, 5.74) is 10.3. The van der Waals surface area contributed by atoms with Gasteiger partial charge in [-0.15, -0.1) is 24.0 Å². The molecule has 2 aromatic carbocycles. The third-order valence-electron chi connectivity index (χ3n) is 3.11. The molecule has 2 aromatic rings. The van der Waals surface area contributed by atoms with Crippen molar-refractivity contribution in [3.63, 3.8) is 0 Å². The van der Waals surface area contributed by atoms with Crippen molar-refractivity contribution in [2.24, 2.45) is 10.7 Å². The van der Waals surface area contributed by atoms with Crippen LogP contribution in [-0.2, 0) is 6.54 Å². The van der Waals surface area contributed by atoms with Crippen LogP contribution in [0.15, 0.2) is 47.5 Å². The molecule has 0 aliphatic carbocycles. The highest BCUT2D eigenvalue weighted by Crippen LogP contribution is 2.18. The van der Waals surface area contributed by atoms with Gasteiger partial charge in [0.1, 0.15) is 5.75 Å². The number of hydrogen-bond acceptors (Lipinski definition) is 2. The van der Waals surface area contributed by atoms with E-state index in [4.69, 9.17) is 10.5 Å². The molecule has 5 heteroatoms. The lowest BCUT2D eigenvalue weighted by Crippen LogP contribution is -2.22. The van der Waals surface area contributed by atoms with Gasteiger partial charge in [-0.3, -0.25) is 0 Å². The third kappa shape index (κ3) is 5.22. The molecular weight excluding hydrogens is 389 g/mol. The summed E-state index contributed by atoms with van der Waals surface area (Å²) in [6, 6.07) is 14.0. The highest BCUT2D eigenvalue weighted by atomic mass is 127. The second-order valence-corrected chi connectivity index (χ2v) is 5.01. The average molecular weight is 411 g/mol. The monoisotopic (exact) mass is 411 g/mol. The molecule has 3 N–H and O–H groups in total. The zero-order valence-electron chi connectivity index (χ0n) is 13.1. The lowest BCUT2D eigenvalue weighted by Gasteiger charge is -2.09. The van der Waals surface area contributed by atoms with Crippen LogP contribution < -0.4 is 15.8 Å². The van der Waals surface area contributed by atoms with E-state index in [0.29, 0.717) is 12.5 Å². The van der Waals surface area contributed by atoms with Crippen molar-refractivity contribution in [1.82, 2.24) is 0 Å². The van der Waals surface area contributed by atoms with Gasteiger partial charge in [-0.25, -0.2) is 4.99 Å². The van der Waals surface area contributed by atoms with Gasteiger partial charge in [-0.1, -0.05) is 24.3 Å². The second-order valence-electron chi connectivity index (χ2n) is 5.01. The molecule has 0 aromatic heterocycles. The number of hydrogen-bond donors (Lipinski definition) is 2. The number of benzene rings is 2. The predicted octanol–water partition coefficient (Wildman–Crippen LogP) is 3.86. The summed E-state index contributed by atoms with van der Waals surface area (Å²) in [5.74, 6) is 1.21. The van der Waals surface area contributed by atoms with Crippen LogP contribution in [-0.4, -0.2) is 13.1 Å². The molecule has 0 saturated carbocycles. The van der Waals surface area contributed by atoms with Crippen molar-refractivity contribution < 1.29 is 4.74 Å². The van der Waals surface area contributed by atoms with E-state index in [-0.39, 0.29) is 24.0 Å². The summed E-state index contributed by atoms with van der Waals surface area (Å²) < 4.78 is 5.30. The van der Waals surface area contributed by atoms with E-state index >= 15 is 0 Å². The average Bonchev–Trinajstić information content (AvgIpc) is 2.44. The molecule has 118 valence electrons. The number of aryl methyl sites for hydroxylation is 2. The highest BCUT2D eigenvalue weighted by molar-refractivity contribution is 14.0. The van der Waals surface area contributed by atoms with Crippen LogP contribution in [0, 0.1) is 13.8 Å². The van der Waals surface area contributed by atoms with Crippen LogP contribution in [0.5, 0.6) is 5.75 Å². The molecule has 4 nitrogen and oxygen atoms in total. The Bertz CT molecular complexity index is 636. The van der Waals surface area contributed by atoms with Crippen molar-refractivity contribution in [1.29, 1.82) is 0 Å². The molecule has 0 saturated heterocycles. The van der Waals surface area contributed by atoms with Gasteiger partial charge in [0, 0.05) is 11.3 Å². The lowest BCUT2D eigenvalue weighted by molar-refractivity contribution is 0.410. The fourth-order valence-electron chi connectivity index (χ4n) is 2.24. The van der Waals surface area contributed by atoms with Crippen molar-refractivity contribution in [3.8, 4) is 5.75 Å². The second kappa shape index (κ2) is 8.63. The first-order valence-electron chi connectivity index (χ1n) is 6.85. The smallest absolute Gasteiger partial charge is 0.193 e.